The van der Waals surface area contributed by atoms with Gasteiger partial charge in [-0.1, -0.05) is 200 Å². The van der Waals surface area contributed by atoms with E-state index in [-0.39, 0.29) is 0 Å². The predicted molar refractivity (Wildman–Crippen MR) is 282 cm³/mol. The minimum Gasteiger partial charge on any atom is -0.309 e. The van der Waals surface area contributed by atoms with Crippen molar-refractivity contribution >= 4 is 82.0 Å². The fourth-order valence-corrected chi connectivity index (χ4v) is 10.4. The summed E-state index contributed by atoms with van der Waals surface area (Å²) in [6.45, 7) is 0. The standard InChI is InChI=1S/C64H42N2/c1-3-18-46-39-50(33-31-43(46)15-1)54-37-38-63(58-27-8-7-26-57(54)58)65(61-29-11-9-24-55(61)51-34-32-44-16-2-4-19-47(44)40-51)52-22-13-20-48(41-52)49-21-14-23-53(42-49)66-62-30-12-10-28-59(62)60-36-35-45-17-5-6-25-56(45)64(60)66/h1-42H. The summed E-state index contributed by atoms with van der Waals surface area (Å²) in [5.41, 5.74) is 13.9. The zero-order valence-electron chi connectivity index (χ0n) is 36.1. The summed E-state index contributed by atoms with van der Waals surface area (Å²) in [6.07, 6.45) is 0. The molecule has 0 aliphatic heterocycles. The van der Waals surface area contributed by atoms with Crippen molar-refractivity contribution in [2.45, 2.75) is 0 Å². The van der Waals surface area contributed by atoms with Gasteiger partial charge < -0.3 is 9.47 Å². The van der Waals surface area contributed by atoms with Crippen molar-refractivity contribution in [3.8, 4) is 39.1 Å². The fourth-order valence-electron chi connectivity index (χ4n) is 10.4. The van der Waals surface area contributed by atoms with E-state index in [0.29, 0.717) is 0 Å². The van der Waals surface area contributed by atoms with Gasteiger partial charge in [0, 0.05) is 38.5 Å². The Hall–Kier alpha value is -8.72. The number of hydrogen-bond acceptors (Lipinski definition) is 1. The molecule has 0 aliphatic carbocycles. The first kappa shape index (κ1) is 37.8. The first-order valence-electron chi connectivity index (χ1n) is 22.7. The molecule has 1 aromatic heterocycles. The van der Waals surface area contributed by atoms with Gasteiger partial charge in [-0.2, -0.15) is 0 Å². The zero-order chi connectivity index (χ0) is 43.6. The Morgan fingerprint density at radius 2 is 0.848 bits per heavy atom. The molecule has 66 heavy (non-hydrogen) atoms. The molecule has 0 atom stereocenters. The Morgan fingerprint density at radius 3 is 1.62 bits per heavy atom. The first-order chi connectivity index (χ1) is 32.7. The average Bonchev–Trinajstić information content (AvgIpc) is 3.74. The van der Waals surface area contributed by atoms with Gasteiger partial charge in [0.2, 0.25) is 0 Å². The molecule has 0 spiro atoms. The molecule has 2 heteroatoms. The Kier molecular flexibility index (Phi) is 8.89. The van der Waals surface area contributed by atoms with Crippen LogP contribution in [-0.4, -0.2) is 4.57 Å². The third kappa shape index (κ3) is 6.26. The second kappa shape index (κ2) is 15.5. The van der Waals surface area contributed by atoms with Crippen molar-refractivity contribution in [2.75, 3.05) is 4.90 Å². The highest BCUT2D eigenvalue weighted by Crippen LogP contribution is 2.47. The van der Waals surface area contributed by atoms with Crippen LogP contribution < -0.4 is 4.90 Å². The summed E-state index contributed by atoms with van der Waals surface area (Å²) in [5, 5.41) is 12.3. The van der Waals surface area contributed by atoms with Crippen molar-refractivity contribution < 1.29 is 0 Å². The Bertz CT molecular complexity index is 4020. The average molecular weight is 839 g/mol. The highest BCUT2D eigenvalue weighted by molar-refractivity contribution is 6.18. The number of nitrogens with zero attached hydrogens (tertiary/aromatic N) is 2. The molecule has 13 aromatic rings. The maximum absolute atomic E-state index is 2.48. The van der Waals surface area contributed by atoms with Crippen LogP contribution in [0.25, 0.3) is 104 Å². The molecule has 0 N–H and O–H groups in total. The molecule has 0 amide bonds. The molecule has 0 aliphatic rings. The maximum atomic E-state index is 2.48. The first-order valence-corrected chi connectivity index (χ1v) is 22.7. The Morgan fingerprint density at radius 1 is 0.273 bits per heavy atom. The van der Waals surface area contributed by atoms with E-state index < -0.39 is 0 Å². The lowest BCUT2D eigenvalue weighted by Gasteiger charge is -2.30. The van der Waals surface area contributed by atoms with Crippen LogP contribution in [0.4, 0.5) is 17.1 Å². The third-order valence-corrected chi connectivity index (χ3v) is 13.5. The third-order valence-electron chi connectivity index (χ3n) is 13.5. The number of benzene rings is 12. The van der Waals surface area contributed by atoms with Crippen LogP contribution in [0.3, 0.4) is 0 Å². The molecule has 0 radical (unpaired) electrons. The number of fused-ring (bicyclic) bond motifs is 8. The summed E-state index contributed by atoms with van der Waals surface area (Å²) >= 11 is 0. The molecule has 13 rings (SSSR count). The van der Waals surface area contributed by atoms with E-state index in [2.05, 4.69) is 264 Å². The van der Waals surface area contributed by atoms with E-state index in [9.17, 15) is 0 Å². The van der Waals surface area contributed by atoms with Gasteiger partial charge in [0.15, 0.2) is 0 Å². The lowest BCUT2D eigenvalue weighted by atomic mass is 9.94. The van der Waals surface area contributed by atoms with Crippen molar-refractivity contribution in [2.24, 2.45) is 0 Å². The van der Waals surface area contributed by atoms with Crippen molar-refractivity contribution in [1.82, 2.24) is 4.57 Å². The second-order valence-corrected chi connectivity index (χ2v) is 17.3. The quantitative estimate of drug-likeness (QED) is 0.155. The summed E-state index contributed by atoms with van der Waals surface area (Å²) in [7, 11) is 0. The van der Waals surface area contributed by atoms with Crippen LogP contribution in [0.5, 0.6) is 0 Å². The number of anilines is 3. The van der Waals surface area contributed by atoms with Crippen molar-refractivity contribution in [3.63, 3.8) is 0 Å². The number of hydrogen-bond donors (Lipinski definition) is 0. The van der Waals surface area contributed by atoms with Gasteiger partial charge in [-0.3, -0.25) is 0 Å². The normalized spacial score (nSPS) is 11.6. The predicted octanol–water partition coefficient (Wildman–Crippen LogP) is 17.9. The second-order valence-electron chi connectivity index (χ2n) is 17.3. The van der Waals surface area contributed by atoms with E-state index in [4.69, 9.17) is 0 Å². The molecule has 12 aromatic carbocycles. The Balaban J connectivity index is 1.01. The largest absolute Gasteiger partial charge is 0.309 e. The topological polar surface area (TPSA) is 8.17 Å². The van der Waals surface area contributed by atoms with Gasteiger partial charge in [-0.05, 0) is 115 Å². The maximum Gasteiger partial charge on any atom is 0.0619 e. The van der Waals surface area contributed by atoms with Gasteiger partial charge in [0.25, 0.3) is 0 Å². The van der Waals surface area contributed by atoms with Gasteiger partial charge in [-0.15, -0.1) is 0 Å². The van der Waals surface area contributed by atoms with Crippen LogP contribution in [0.15, 0.2) is 255 Å². The molecule has 0 bridgehead atoms. The molecular formula is C64H42N2. The van der Waals surface area contributed by atoms with E-state index in [1.165, 1.54) is 81.6 Å². The van der Waals surface area contributed by atoms with Crippen LogP contribution in [0.1, 0.15) is 0 Å². The summed E-state index contributed by atoms with van der Waals surface area (Å²) < 4.78 is 2.45. The van der Waals surface area contributed by atoms with Crippen molar-refractivity contribution in [3.05, 3.63) is 255 Å². The Labute approximate surface area is 383 Å². The van der Waals surface area contributed by atoms with Gasteiger partial charge in [0.1, 0.15) is 0 Å². The fraction of sp³-hybridized carbons (Fsp3) is 0. The SMILES string of the molecule is c1cc(-c2cccc(-n3c4ccccc4c4ccc5ccccc5c43)c2)cc(N(c2ccccc2-c2ccc3ccccc3c2)c2ccc(-c3ccc4ccccc4c3)c3ccccc23)c1. The van der Waals surface area contributed by atoms with Gasteiger partial charge in [0.05, 0.1) is 22.4 Å². The summed E-state index contributed by atoms with van der Waals surface area (Å²) in [6, 6.07) is 93.5. The molecule has 0 fully saturated rings. The van der Waals surface area contributed by atoms with E-state index in [0.717, 1.165) is 39.4 Å². The van der Waals surface area contributed by atoms with Gasteiger partial charge in [-0.25, -0.2) is 0 Å². The number of rotatable bonds is 7. The highest BCUT2D eigenvalue weighted by atomic mass is 15.1. The summed E-state index contributed by atoms with van der Waals surface area (Å²) in [5.74, 6) is 0. The van der Waals surface area contributed by atoms with Crippen molar-refractivity contribution in [1.29, 1.82) is 0 Å². The molecule has 0 unspecified atom stereocenters. The molecule has 2 nitrogen and oxygen atoms in total. The molecule has 1 heterocycles. The lowest BCUT2D eigenvalue weighted by Crippen LogP contribution is -2.12. The minimum absolute atomic E-state index is 1.08. The van der Waals surface area contributed by atoms with Crippen LogP contribution in [0, 0.1) is 0 Å². The molecule has 308 valence electrons. The molecule has 0 saturated heterocycles. The van der Waals surface area contributed by atoms with Crippen LogP contribution in [-0.2, 0) is 0 Å². The number of para-hydroxylation sites is 2. The van der Waals surface area contributed by atoms with Crippen LogP contribution >= 0.6 is 0 Å². The lowest BCUT2D eigenvalue weighted by molar-refractivity contribution is 1.19. The monoisotopic (exact) mass is 838 g/mol. The number of aromatic nitrogens is 1. The van der Waals surface area contributed by atoms with E-state index in [1.807, 2.05) is 0 Å². The minimum atomic E-state index is 1.08. The van der Waals surface area contributed by atoms with E-state index >= 15 is 0 Å². The van der Waals surface area contributed by atoms with Crippen LogP contribution in [0.2, 0.25) is 0 Å². The van der Waals surface area contributed by atoms with Gasteiger partial charge >= 0.3 is 0 Å². The molecule has 0 saturated carbocycles. The smallest absolute Gasteiger partial charge is 0.0619 e. The highest BCUT2D eigenvalue weighted by Gasteiger charge is 2.22. The van der Waals surface area contributed by atoms with E-state index in [1.54, 1.807) is 0 Å². The molecular weight excluding hydrogens is 797 g/mol. The zero-order valence-corrected chi connectivity index (χ0v) is 36.1. The summed E-state index contributed by atoms with van der Waals surface area (Å²) in [4.78, 5) is 2.48.